The van der Waals surface area contributed by atoms with Gasteiger partial charge in [0.05, 0.1) is 0 Å². The third-order valence-electron chi connectivity index (χ3n) is 2.07. The van der Waals surface area contributed by atoms with Gasteiger partial charge in [0.25, 0.3) is 0 Å². The van der Waals surface area contributed by atoms with Gasteiger partial charge < -0.3 is 9.69 Å². The molecule has 0 atom stereocenters. The molecule has 1 heterocycles. The SMILES string of the molecule is CC.CC(C)CN1CCCCC1.CC=O.[B].[HH]. The second kappa shape index (κ2) is 17.1. The maximum absolute atomic E-state index is 8.81. The second-order valence-corrected chi connectivity index (χ2v) is 3.99. The molecule has 0 bridgehead atoms. The van der Waals surface area contributed by atoms with E-state index in [9.17, 15) is 0 Å². The van der Waals surface area contributed by atoms with E-state index in [-0.39, 0.29) is 9.84 Å². The fraction of sp³-hybridized carbons (Fsp3) is 0.923. The number of nitrogens with zero attached hydrogens (tertiary/aromatic N) is 1. The van der Waals surface area contributed by atoms with Gasteiger partial charge in [-0.25, -0.2) is 0 Å². The van der Waals surface area contributed by atoms with Gasteiger partial charge in [-0.2, -0.15) is 0 Å². The van der Waals surface area contributed by atoms with E-state index in [1.807, 2.05) is 13.8 Å². The van der Waals surface area contributed by atoms with Crippen molar-refractivity contribution >= 4 is 14.7 Å². The standard InChI is InChI=1S/C9H19N.C2H4O.C2H6.B.H2/c1-9(2)8-10-6-4-3-5-7-10;1-2-3;1-2;;/h9H,3-8H2,1-2H3;2H,1H3;1-2H3;;1H. The van der Waals surface area contributed by atoms with Gasteiger partial charge in [0.1, 0.15) is 6.29 Å². The van der Waals surface area contributed by atoms with E-state index in [0.29, 0.717) is 0 Å². The van der Waals surface area contributed by atoms with Crippen molar-refractivity contribution in [2.75, 3.05) is 19.6 Å². The molecule has 1 rings (SSSR count). The molecule has 0 amide bonds. The Labute approximate surface area is 106 Å². The van der Waals surface area contributed by atoms with E-state index < -0.39 is 0 Å². The molecule has 0 spiro atoms. The average molecular weight is 228 g/mol. The minimum absolute atomic E-state index is 0. The minimum atomic E-state index is 0. The van der Waals surface area contributed by atoms with E-state index in [0.717, 1.165) is 12.2 Å². The molecule has 97 valence electrons. The van der Waals surface area contributed by atoms with Crippen molar-refractivity contribution in [2.24, 2.45) is 5.92 Å². The summed E-state index contributed by atoms with van der Waals surface area (Å²) in [6.45, 7) is 14.0. The first-order chi connectivity index (χ1) is 7.20. The van der Waals surface area contributed by atoms with E-state index >= 15 is 0 Å². The van der Waals surface area contributed by atoms with Crippen LogP contribution in [0.1, 0.15) is 55.3 Å². The summed E-state index contributed by atoms with van der Waals surface area (Å²) in [4.78, 5) is 11.4. The molecule has 2 nitrogen and oxygen atoms in total. The first-order valence-electron chi connectivity index (χ1n) is 6.32. The zero-order valence-corrected chi connectivity index (χ0v) is 11.8. The summed E-state index contributed by atoms with van der Waals surface area (Å²) in [5.41, 5.74) is 0. The van der Waals surface area contributed by atoms with Crippen molar-refractivity contribution in [3.63, 3.8) is 0 Å². The normalized spacial score (nSPS) is 14.9. The lowest BCUT2D eigenvalue weighted by Gasteiger charge is -2.27. The summed E-state index contributed by atoms with van der Waals surface area (Å²) in [6.07, 6.45) is 5.05. The lowest BCUT2D eigenvalue weighted by Crippen LogP contribution is -2.32. The molecule has 0 N–H and O–H groups in total. The van der Waals surface area contributed by atoms with E-state index in [1.165, 1.54) is 45.8 Å². The number of carbonyl (C=O) groups is 1. The monoisotopic (exact) mass is 228 g/mol. The Morgan fingerprint density at radius 1 is 1.19 bits per heavy atom. The van der Waals surface area contributed by atoms with Crippen LogP contribution in [0.5, 0.6) is 0 Å². The van der Waals surface area contributed by atoms with Crippen molar-refractivity contribution in [2.45, 2.75) is 53.9 Å². The second-order valence-electron chi connectivity index (χ2n) is 3.99. The van der Waals surface area contributed by atoms with Crippen LogP contribution in [0.15, 0.2) is 0 Å². The molecule has 0 aromatic carbocycles. The van der Waals surface area contributed by atoms with Crippen molar-refractivity contribution in [1.82, 2.24) is 4.90 Å². The third kappa shape index (κ3) is 16.1. The Balaban J connectivity index is -0.000000106. The van der Waals surface area contributed by atoms with Gasteiger partial charge in [-0.15, -0.1) is 0 Å². The number of likely N-dealkylation sites (tertiary alicyclic amines) is 1. The minimum Gasteiger partial charge on any atom is -0.304 e. The number of carbonyl (C=O) groups excluding carboxylic acids is 1. The van der Waals surface area contributed by atoms with Crippen LogP contribution in [0.4, 0.5) is 0 Å². The topological polar surface area (TPSA) is 20.3 Å². The van der Waals surface area contributed by atoms with Gasteiger partial charge in [0, 0.05) is 16.4 Å². The van der Waals surface area contributed by atoms with Gasteiger partial charge >= 0.3 is 0 Å². The first-order valence-corrected chi connectivity index (χ1v) is 6.32. The molecule has 0 unspecified atom stereocenters. The van der Waals surface area contributed by atoms with E-state index in [4.69, 9.17) is 4.79 Å². The summed E-state index contributed by atoms with van der Waals surface area (Å²) in [5.74, 6) is 0.845. The quantitative estimate of drug-likeness (QED) is 0.534. The number of hydrogen-bond acceptors (Lipinski definition) is 2. The predicted octanol–water partition coefficient (Wildman–Crippen LogP) is 3.22. The maximum Gasteiger partial charge on any atom is 0.116 e. The van der Waals surface area contributed by atoms with Crippen molar-refractivity contribution in [1.29, 1.82) is 0 Å². The molecule has 0 aromatic heterocycles. The van der Waals surface area contributed by atoms with Crippen LogP contribution in [0, 0.1) is 5.92 Å². The highest BCUT2D eigenvalue weighted by Crippen LogP contribution is 2.09. The van der Waals surface area contributed by atoms with Gasteiger partial charge in [-0.3, -0.25) is 0 Å². The Morgan fingerprint density at radius 3 is 1.88 bits per heavy atom. The smallest absolute Gasteiger partial charge is 0.116 e. The Morgan fingerprint density at radius 2 is 1.56 bits per heavy atom. The molecule has 0 saturated carbocycles. The van der Waals surface area contributed by atoms with Gasteiger partial charge in [0.15, 0.2) is 0 Å². The Hall–Kier alpha value is -0.305. The number of rotatable bonds is 2. The summed E-state index contributed by atoms with van der Waals surface area (Å²) in [5, 5.41) is 0. The van der Waals surface area contributed by atoms with E-state index in [1.54, 1.807) is 0 Å². The lowest BCUT2D eigenvalue weighted by atomic mass is 10.1. The molecule has 0 aromatic rings. The zero-order valence-electron chi connectivity index (χ0n) is 11.8. The number of piperidine rings is 1. The molecule has 1 saturated heterocycles. The van der Waals surface area contributed by atoms with Crippen molar-refractivity contribution in [3.8, 4) is 0 Å². The molecule has 0 aliphatic carbocycles. The zero-order chi connectivity index (χ0) is 12.1. The van der Waals surface area contributed by atoms with E-state index in [2.05, 4.69) is 18.7 Å². The molecular weight excluding hydrogens is 197 g/mol. The molecule has 16 heavy (non-hydrogen) atoms. The molecule has 3 heteroatoms. The summed E-state index contributed by atoms with van der Waals surface area (Å²) < 4.78 is 0. The molecule has 1 fully saturated rings. The van der Waals surface area contributed by atoms with Crippen LogP contribution in [0.3, 0.4) is 0 Å². The number of hydrogen-bond donors (Lipinski definition) is 0. The Kier molecular flexibility index (Phi) is 22.5. The predicted molar refractivity (Wildman–Crippen MR) is 76.1 cm³/mol. The summed E-state index contributed by atoms with van der Waals surface area (Å²) >= 11 is 0. The maximum atomic E-state index is 8.81. The van der Waals surface area contributed by atoms with Gasteiger partial charge in [-0.05, 0) is 38.8 Å². The highest BCUT2D eigenvalue weighted by molar-refractivity contribution is 5.75. The highest BCUT2D eigenvalue weighted by atomic mass is 16.1. The molecule has 1 aliphatic heterocycles. The molecule has 1 aliphatic rings. The van der Waals surface area contributed by atoms with Crippen LogP contribution < -0.4 is 0 Å². The number of aldehydes is 1. The molecular formula is C13H31BNO. The lowest BCUT2D eigenvalue weighted by molar-refractivity contribution is -0.106. The van der Waals surface area contributed by atoms with Crippen molar-refractivity contribution in [3.05, 3.63) is 0 Å². The summed E-state index contributed by atoms with van der Waals surface area (Å²) in [6, 6.07) is 0. The Bertz CT molecular complexity index is 129. The van der Waals surface area contributed by atoms with Crippen molar-refractivity contribution < 1.29 is 6.22 Å². The van der Waals surface area contributed by atoms with Crippen LogP contribution in [0.25, 0.3) is 0 Å². The van der Waals surface area contributed by atoms with Crippen LogP contribution in [0.2, 0.25) is 0 Å². The molecule has 3 radical (unpaired) electrons. The average Bonchev–Trinajstić information content (AvgIpc) is 2.22. The fourth-order valence-electron chi connectivity index (χ4n) is 1.66. The largest absolute Gasteiger partial charge is 0.304 e. The van der Waals surface area contributed by atoms with Gasteiger partial charge in [0.2, 0.25) is 0 Å². The van der Waals surface area contributed by atoms with Crippen LogP contribution in [-0.4, -0.2) is 39.2 Å². The highest BCUT2D eigenvalue weighted by Gasteiger charge is 2.10. The van der Waals surface area contributed by atoms with Crippen LogP contribution in [-0.2, 0) is 4.79 Å². The third-order valence-corrected chi connectivity index (χ3v) is 2.07. The van der Waals surface area contributed by atoms with Crippen LogP contribution >= 0.6 is 0 Å². The first kappa shape index (κ1) is 21.0. The summed E-state index contributed by atoms with van der Waals surface area (Å²) in [7, 11) is 0. The van der Waals surface area contributed by atoms with Gasteiger partial charge in [-0.1, -0.05) is 34.1 Å². The fourth-order valence-corrected chi connectivity index (χ4v) is 1.66.